The molecule has 0 radical (unpaired) electrons. The van der Waals surface area contributed by atoms with E-state index in [0.29, 0.717) is 5.06 Å². The van der Waals surface area contributed by atoms with Gasteiger partial charge in [-0.05, 0) is 18.8 Å². The van der Waals surface area contributed by atoms with E-state index in [1.807, 2.05) is 6.92 Å². The fourth-order valence-electron chi connectivity index (χ4n) is 2.51. The first-order valence-electron chi connectivity index (χ1n) is 4.69. The van der Waals surface area contributed by atoms with Crippen molar-refractivity contribution < 1.29 is 14.8 Å². The Morgan fingerprint density at radius 2 is 2.00 bits per heavy atom. The molecule has 0 aromatic rings. The van der Waals surface area contributed by atoms with E-state index in [-0.39, 0.29) is 17.8 Å². The molecule has 1 saturated heterocycles. The predicted octanol–water partition coefficient (Wildman–Crippen LogP) is 0.797. The number of hydroxylamine groups is 2. The monoisotopic (exact) mass is 183 g/mol. The fourth-order valence-corrected chi connectivity index (χ4v) is 2.51. The molecule has 1 heterocycles. The number of imide groups is 1. The lowest BCUT2D eigenvalue weighted by atomic mass is 9.74. The van der Waals surface area contributed by atoms with Crippen LogP contribution in [0.2, 0.25) is 0 Å². The minimum atomic E-state index is -0.401. The second-order valence-corrected chi connectivity index (χ2v) is 4.03. The van der Waals surface area contributed by atoms with Gasteiger partial charge in [0.1, 0.15) is 0 Å². The first-order chi connectivity index (χ1) is 6.13. The average molecular weight is 183 g/mol. The van der Waals surface area contributed by atoms with Crippen LogP contribution in [0, 0.1) is 17.8 Å². The molecular weight excluding hydrogens is 170 g/mol. The first kappa shape index (κ1) is 8.69. The highest BCUT2D eigenvalue weighted by atomic mass is 16.5. The summed E-state index contributed by atoms with van der Waals surface area (Å²) < 4.78 is 0. The van der Waals surface area contributed by atoms with E-state index in [0.717, 1.165) is 19.3 Å². The third kappa shape index (κ3) is 1.09. The Kier molecular flexibility index (Phi) is 1.87. The molecule has 2 fully saturated rings. The maximum absolute atomic E-state index is 11.4. The number of nitrogens with zero attached hydrogens (tertiary/aromatic N) is 1. The Hall–Kier alpha value is -0.900. The van der Waals surface area contributed by atoms with E-state index in [1.165, 1.54) is 0 Å². The van der Waals surface area contributed by atoms with Crippen LogP contribution in [0.25, 0.3) is 0 Å². The van der Waals surface area contributed by atoms with Crippen LogP contribution >= 0.6 is 0 Å². The number of hydrogen-bond acceptors (Lipinski definition) is 3. The average Bonchev–Trinajstić information content (AvgIpc) is 2.33. The smallest absolute Gasteiger partial charge is 0.257 e. The van der Waals surface area contributed by atoms with Gasteiger partial charge in [0, 0.05) is 0 Å². The summed E-state index contributed by atoms with van der Waals surface area (Å²) in [6.45, 7) is 1.97. The van der Waals surface area contributed by atoms with E-state index in [2.05, 4.69) is 0 Å². The van der Waals surface area contributed by atoms with Crippen molar-refractivity contribution in [3.8, 4) is 0 Å². The first-order valence-corrected chi connectivity index (χ1v) is 4.69. The van der Waals surface area contributed by atoms with E-state index < -0.39 is 11.8 Å². The topological polar surface area (TPSA) is 57.6 Å². The van der Waals surface area contributed by atoms with Crippen molar-refractivity contribution in [2.24, 2.45) is 17.8 Å². The van der Waals surface area contributed by atoms with Crippen LogP contribution in [0.3, 0.4) is 0 Å². The van der Waals surface area contributed by atoms with Crippen LogP contribution in [-0.2, 0) is 9.59 Å². The van der Waals surface area contributed by atoms with Crippen molar-refractivity contribution in [3.05, 3.63) is 0 Å². The number of carbonyl (C=O) groups is 2. The van der Waals surface area contributed by atoms with Gasteiger partial charge in [0.2, 0.25) is 0 Å². The largest absolute Gasteiger partial charge is 0.278 e. The van der Waals surface area contributed by atoms with Crippen molar-refractivity contribution in [1.29, 1.82) is 0 Å². The second-order valence-electron chi connectivity index (χ2n) is 4.03. The Bertz CT molecular complexity index is 264. The fraction of sp³-hybridized carbons (Fsp3) is 0.778. The maximum Gasteiger partial charge on any atom is 0.257 e. The molecule has 2 rings (SSSR count). The molecule has 0 aromatic heterocycles. The van der Waals surface area contributed by atoms with Crippen LogP contribution < -0.4 is 0 Å². The summed E-state index contributed by atoms with van der Waals surface area (Å²) >= 11 is 0. The van der Waals surface area contributed by atoms with Crippen LogP contribution in [0.4, 0.5) is 0 Å². The molecule has 0 bridgehead atoms. The third-order valence-corrected chi connectivity index (χ3v) is 3.24. The summed E-state index contributed by atoms with van der Waals surface area (Å²) in [5, 5.41) is 9.47. The number of fused-ring (bicyclic) bond motifs is 1. The minimum Gasteiger partial charge on any atom is -0.278 e. The molecule has 1 N–H and O–H groups in total. The SMILES string of the molecule is CC1CCCC2C(=O)N(O)C(=O)C12. The van der Waals surface area contributed by atoms with Gasteiger partial charge >= 0.3 is 0 Å². The molecule has 1 aliphatic heterocycles. The zero-order valence-corrected chi connectivity index (χ0v) is 7.56. The number of amides is 2. The zero-order chi connectivity index (χ0) is 9.59. The van der Waals surface area contributed by atoms with Gasteiger partial charge < -0.3 is 0 Å². The predicted molar refractivity (Wildman–Crippen MR) is 43.6 cm³/mol. The van der Waals surface area contributed by atoms with Gasteiger partial charge in [0.25, 0.3) is 11.8 Å². The third-order valence-electron chi connectivity index (χ3n) is 3.24. The normalized spacial score (nSPS) is 39.5. The standard InChI is InChI=1S/C9H13NO3/c1-5-3-2-4-6-7(5)9(12)10(13)8(6)11/h5-7,13H,2-4H2,1H3. The molecule has 3 unspecified atom stereocenters. The van der Waals surface area contributed by atoms with Gasteiger partial charge in [-0.15, -0.1) is 0 Å². The van der Waals surface area contributed by atoms with Crippen LogP contribution in [0.5, 0.6) is 0 Å². The molecule has 0 spiro atoms. The van der Waals surface area contributed by atoms with Crippen molar-refractivity contribution in [2.45, 2.75) is 26.2 Å². The highest BCUT2D eigenvalue weighted by molar-refractivity contribution is 6.03. The highest BCUT2D eigenvalue weighted by Gasteiger charge is 2.50. The molecule has 4 nitrogen and oxygen atoms in total. The molecule has 2 aliphatic rings. The zero-order valence-electron chi connectivity index (χ0n) is 7.56. The van der Waals surface area contributed by atoms with E-state index in [9.17, 15) is 9.59 Å². The van der Waals surface area contributed by atoms with E-state index in [1.54, 1.807) is 0 Å². The van der Waals surface area contributed by atoms with Gasteiger partial charge in [0.05, 0.1) is 11.8 Å². The molecule has 1 saturated carbocycles. The minimum absolute atomic E-state index is 0.229. The number of hydrogen-bond donors (Lipinski definition) is 1. The quantitative estimate of drug-likeness (QED) is 0.446. The second kappa shape index (κ2) is 2.80. The molecule has 3 atom stereocenters. The molecule has 2 amide bonds. The maximum atomic E-state index is 11.4. The van der Waals surface area contributed by atoms with Gasteiger partial charge in [0.15, 0.2) is 0 Å². The van der Waals surface area contributed by atoms with Crippen LogP contribution in [-0.4, -0.2) is 22.1 Å². The van der Waals surface area contributed by atoms with E-state index >= 15 is 0 Å². The Morgan fingerprint density at radius 1 is 1.31 bits per heavy atom. The summed E-state index contributed by atoms with van der Waals surface area (Å²) in [5.74, 6) is -1.08. The van der Waals surface area contributed by atoms with Crippen molar-refractivity contribution in [3.63, 3.8) is 0 Å². The summed E-state index contributed by atoms with van der Waals surface area (Å²) in [7, 11) is 0. The summed E-state index contributed by atoms with van der Waals surface area (Å²) in [4.78, 5) is 22.8. The van der Waals surface area contributed by atoms with Crippen LogP contribution in [0.1, 0.15) is 26.2 Å². The molecule has 13 heavy (non-hydrogen) atoms. The van der Waals surface area contributed by atoms with Gasteiger partial charge in [-0.3, -0.25) is 14.8 Å². The van der Waals surface area contributed by atoms with Crippen LogP contribution in [0.15, 0.2) is 0 Å². The van der Waals surface area contributed by atoms with Crippen molar-refractivity contribution >= 4 is 11.8 Å². The number of carbonyl (C=O) groups excluding carboxylic acids is 2. The Labute approximate surface area is 76.5 Å². The van der Waals surface area contributed by atoms with Gasteiger partial charge in [-0.2, -0.15) is 5.06 Å². The molecule has 1 aliphatic carbocycles. The molecular formula is C9H13NO3. The lowest BCUT2D eigenvalue weighted by Crippen LogP contribution is -2.29. The van der Waals surface area contributed by atoms with Gasteiger partial charge in [-0.25, -0.2) is 0 Å². The molecule has 0 aromatic carbocycles. The number of rotatable bonds is 0. The summed E-state index contributed by atoms with van der Waals surface area (Å²) in [6, 6.07) is 0. The summed E-state index contributed by atoms with van der Waals surface area (Å²) in [6.07, 6.45) is 2.71. The van der Waals surface area contributed by atoms with Gasteiger partial charge in [-0.1, -0.05) is 13.3 Å². The lowest BCUT2D eigenvalue weighted by molar-refractivity contribution is -0.173. The summed E-state index contributed by atoms with van der Waals surface area (Å²) in [5.41, 5.74) is 0. The Balaban J connectivity index is 2.29. The molecule has 4 heteroatoms. The lowest BCUT2D eigenvalue weighted by Gasteiger charge is -2.26. The van der Waals surface area contributed by atoms with Crippen molar-refractivity contribution in [2.75, 3.05) is 0 Å². The van der Waals surface area contributed by atoms with E-state index in [4.69, 9.17) is 5.21 Å². The van der Waals surface area contributed by atoms with Crippen molar-refractivity contribution in [1.82, 2.24) is 5.06 Å². The Morgan fingerprint density at radius 3 is 2.62 bits per heavy atom. The molecule has 72 valence electrons. The highest BCUT2D eigenvalue weighted by Crippen LogP contribution is 2.40.